The Kier molecular flexibility index (Phi) is 4.50. The van der Waals surface area contributed by atoms with Crippen LogP contribution in [0.4, 0.5) is 0 Å². The van der Waals surface area contributed by atoms with E-state index in [1.807, 2.05) is 13.8 Å². The van der Waals surface area contributed by atoms with Gasteiger partial charge in [0, 0.05) is 23.7 Å². The summed E-state index contributed by atoms with van der Waals surface area (Å²) >= 11 is 5.81. The zero-order chi connectivity index (χ0) is 14.0. The second kappa shape index (κ2) is 5.79. The molecule has 1 aliphatic rings. The number of nitrogens with zero attached hydrogens (tertiary/aromatic N) is 1. The van der Waals surface area contributed by atoms with E-state index < -0.39 is 10.0 Å². The Hall–Kier alpha value is -0.620. The Morgan fingerprint density at radius 2 is 1.95 bits per heavy atom. The minimum absolute atomic E-state index is 0.0284. The summed E-state index contributed by atoms with van der Waals surface area (Å²) in [4.78, 5) is 0.303. The SMILES string of the molecule is CC(C)N(C1CCNC1)S(=O)(=O)c1ccc(Cl)cc1. The molecule has 6 heteroatoms. The summed E-state index contributed by atoms with van der Waals surface area (Å²) in [6.07, 6.45) is 0.852. The molecule has 4 nitrogen and oxygen atoms in total. The molecule has 0 radical (unpaired) electrons. The van der Waals surface area contributed by atoms with Crippen molar-refractivity contribution in [2.75, 3.05) is 13.1 Å². The van der Waals surface area contributed by atoms with Gasteiger partial charge in [-0.15, -0.1) is 0 Å². The molecule has 0 spiro atoms. The van der Waals surface area contributed by atoms with Crippen molar-refractivity contribution in [2.45, 2.75) is 37.2 Å². The number of sulfonamides is 1. The smallest absolute Gasteiger partial charge is 0.243 e. The standard InChI is InChI=1S/C13H19ClN2O2S/c1-10(2)16(12-7-8-15-9-12)19(17,18)13-5-3-11(14)4-6-13/h3-6,10,12,15H,7-9H2,1-2H3. The van der Waals surface area contributed by atoms with Crippen LogP contribution in [-0.4, -0.2) is 37.9 Å². The number of hydrogen-bond donors (Lipinski definition) is 1. The van der Waals surface area contributed by atoms with Crippen molar-refractivity contribution in [2.24, 2.45) is 0 Å². The third kappa shape index (κ3) is 3.11. The molecule has 1 saturated heterocycles. The van der Waals surface area contributed by atoms with E-state index in [2.05, 4.69) is 5.32 Å². The third-order valence-electron chi connectivity index (χ3n) is 3.29. The lowest BCUT2D eigenvalue weighted by atomic mass is 10.2. The fourth-order valence-corrected chi connectivity index (χ4v) is 4.46. The monoisotopic (exact) mass is 302 g/mol. The first-order chi connectivity index (χ1) is 8.93. The summed E-state index contributed by atoms with van der Waals surface area (Å²) in [5, 5.41) is 3.75. The molecule has 1 aromatic rings. The van der Waals surface area contributed by atoms with E-state index in [9.17, 15) is 8.42 Å². The van der Waals surface area contributed by atoms with Crippen molar-refractivity contribution in [3.63, 3.8) is 0 Å². The van der Waals surface area contributed by atoms with Crippen LogP contribution < -0.4 is 5.32 Å². The van der Waals surface area contributed by atoms with E-state index in [4.69, 9.17) is 11.6 Å². The molecular weight excluding hydrogens is 284 g/mol. The van der Waals surface area contributed by atoms with E-state index in [-0.39, 0.29) is 12.1 Å². The van der Waals surface area contributed by atoms with Gasteiger partial charge in [0.1, 0.15) is 0 Å². The fourth-order valence-electron chi connectivity index (χ4n) is 2.48. The van der Waals surface area contributed by atoms with Gasteiger partial charge in [0.2, 0.25) is 10.0 Å². The van der Waals surface area contributed by atoms with Gasteiger partial charge in [0.25, 0.3) is 0 Å². The summed E-state index contributed by atoms with van der Waals surface area (Å²) in [6.45, 7) is 5.40. The van der Waals surface area contributed by atoms with E-state index in [1.165, 1.54) is 0 Å². The predicted octanol–water partition coefficient (Wildman–Crippen LogP) is 2.10. The predicted molar refractivity (Wildman–Crippen MR) is 76.9 cm³/mol. The highest BCUT2D eigenvalue weighted by molar-refractivity contribution is 7.89. The van der Waals surface area contributed by atoms with Gasteiger partial charge < -0.3 is 5.32 Å². The minimum atomic E-state index is -3.47. The third-order valence-corrected chi connectivity index (χ3v) is 5.69. The highest BCUT2D eigenvalue weighted by atomic mass is 35.5. The van der Waals surface area contributed by atoms with Crippen LogP contribution >= 0.6 is 11.6 Å². The van der Waals surface area contributed by atoms with Gasteiger partial charge in [-0.25, -0.2) is 8.42 Å². The molecule has 1 atom stereocenters. The second-order valence-corrected chi connectivity index (χ2v) is 7.31. The Labute approximate surface area is 119 Å². The highest BCUT2D eigenvalue weighted by Gasteiger charge is 2.35. The maximum atomic E-state index is 12.7. The highest BCUT2D eigenvalue weighted by Crippen LogP contribution is 2.24. The van der Waals surface area contributed by atoms with E-state index in [0.29, 0.717) is 16.5 Å². The molecule has 0 aromatic heterocycles. The second-order valence-electron chi connectivity index (χ2n) is 5.03. The fraction of sp³-hybridized carbons (Fsp3) is 0.538. The van der Waals surface area contributed by atoms with Crippen LogP contribution in [0.5, 0.6) is 0 Å². The molecule has 0 aliphatic carbocycles. The topological polar surface area (TPSA) is 49.4 Å². The van der Waals surface area contributed by atoms with Gasteiger partial charge >= 0.3 is 0 Å². The molecule has 0 saturated carbocycles. The summed E-state index contributed by atoms with van der Waals surface area (Å²) in [5.41, 5.74) is 0. The normalized spacial score (nSPS) is 20.4. The average molecular weight is 303 g/mol. The molecule has 1 aromatic carbocycles. The number of hydrogen-bond acceptors (Lipinski definition) is 3. The van der Waals surface area contributed by atoms with Gasteiger partial charge in [-0.05, 0) is 51.1 Å². The van der Waals surface area contributed by atoms with E-state index >= 15 is 0 Å². The molecular formula is C13H19ClN2O2S. The van der Waals surface area contributed by atoms with E-state index in [1.54, 1.807) is 28.6 Å². The van der Waals surface area contributed by atoms with Crippen LogP contribution in [-0.2, 0) is 10.0 Å². The number of halogens is 1. The zero-order valence-electron chi connectivity index (χ0n) is 11.1. The van der Waals surface area contributed by atoms with Gasteiger partial charge in [-0.3, -0.25) is 0 Å². The first-order valence-corrected chi connectivity index (χ1v) is 8.24. The zero-order valence-corrected chi connectivity index (χ0v) is 12.7. The average Bonchev–Trinajstić information content (AvgIpc) is 2.82. The van der Waals surface area contributed by atoms with E-state index in [0.717, 1.165) is 13.0 Å². The number of benzene rings is 1. The van der Waals surface area contributed by atoms with Crippen LogP contribution in [0.3, 0.4) is 0 Å². The largest absolute Gasteiger partial charge is 0.315 e. The molecule has 19 heavy (non-hydrogen) atoms. The molecule has 1 fully saturated rings. The summed E-state index contributed by atoms with van der Waals surface area (Å²) in [6, 6.07) is 6.32. The summed E-state index contributed by atoms with van der Waals surface area (Å²) in [7, 11) is -3.47. The molecule has 1 aliphatic heterocycles. The molecule has 2 rings (SSSR count). The first kappa shape index (κ1) is 14.8. The Morgan fingerprint density at radius 3 is 2.42 bits per heavy atom. The van der Waals surface area contributed by atoms with Crippen LogP contribution in [0, 0.1) is 0 Å². The summed E-state index contributed by atoms with van der Waals surface area (Å²) in [5.74, 6) is 0. The lowest BCUT2D eigenvalue weighted by Crippen LogP contribution is -2.45. The van der Waals surface area contributed by atoms with Crippen molar-refractivity contribution < 1.29 is 8.42 Å². The van der Waals surface area contributed by atoms with Crippen molar-refractivity contribution in [3.8, 4) is 0 Å². The van der Waals surface area contributed by atoms with Crippen molar-refractivity contribution in [3.05, 3.63) is 29.3 Å². The Morgan fingerprint density at radius 1 is 1.32 bits per heavy atom. The van der Waals surface area contributed by atoms with Crippen molar-refractivity contribution in [1.29, 1.82) is 0 Å². The Balaban J connectivity index is 2.36. The Bertz CT molecular complexity index is 522. The van der Waals surface area contributed by atoms with Crippen molar-refractivity contribution >= 4 is 21.6 Å². The van der Waals surface area contributed by atoms with Gasteiger partial charge in [-0.1, -0.05) is 11.6 Å². The number of rotatable bonds is 4. The number of nitrogens with one attached hydrogen (secondary N) is 1. The lowest BCUT2D eigenvalue weighted by molar-refractivity contribution is 0.286. The van der Waals surface area contributed by atoms with Gasteiger partial charge in [0.15, 0.2) is 0 Å². The van der Waals surface area contributed by atoms with Gasteiger partial charge in [0.05, 0.1) is 4.90 Å². The lowest BCUT2D eigenvalue weighted by Gasteiger charge is -2.31. The maximum Gasteiger partial charge on any atom is 0.243 e. The van der Waals surface area contributed by atoms with Crippen molar-refractivity contribution in [1.82, 2.24) is 9.62 Å². The molecule has 1 N–H and O–H groups in total. The molecule has 1 heterocycles. The quantitative estimate of drug-likeness (QED) is 0.926. The van der Waals surface area contributed by atoms with Crippen LogP contribution in [0.25, 0.3) is 0 Å². The molecule has 1 unspecified atom stereocenters. The molecule has 0 bridgehead atoms. The molecule has 106 valence electrons. The van der Waals surface area contributed by atoms with Crippen LogP contribution in [0.2, 0.25) is 5.02 Å². The molecule has 0 amide bonds. The van der Waals surface area contributed by atoms with Crippen LogP contribution in [0.15, 0.2) is 29.2 Å². The van der Waals surface area contributed by atoms with Gasteiger partial charge in [-0.2, -0.15) is 4.31 Å². The maximum absolute atomic E-state index is 12.7. The first-order valence-electron chi connectivity index (χ1n) is 6.43. The van der Waals surface area contributed by atoms with Crippen LogP contribution in [0.1, 0.15) is 20.3 Å². The minimum Gasteiger partial charge on any atom is -0.315 e. The summed E-state index contributed by atoms with van der Waals surface area (Å²) < 4.78 is 27.1.